The molecule has 1 aromatic heterocycles. The lowest BCUT2D eigenvalue weighted by molar-refractivity contribution is -0.124. The molecule has 6 fully saturated rings. The largest absolute Gasteiger partial charge is 0.381 e. The van der Waals surface area contributed by atoms with E-state index in [1.807, 2.05) is 32.9 Å². The summed E-state index contributed by atoms with van der Waals surface area (Å²) in [5.74, 6) is 2.70. The molecule has 3 N–H and O–H groups in total. The summed E-state index contributed by atoms with van der Waals surface area (Å²) < 4.78 is 5.70. The number of benzene rings is 2. The highest BCUT2D eigenvalue weighted by atomic mass is 16.5. The molecule has 4 bridgehead atoms. The minimum atomic E-state index is -0.182. The number of H-pyrrole nitrogens is 1. The summed E-state index contributed by atoms with van der Waals surface area (Å²) in [5, 5.41) is 6.36. The van der Waals surface area contributed by atoms with Crippen LogP contribution in [0.4, 0.5) is 5.69 Å². The van der Waals surface area contributed by atoms with Crippen LogP contribution in [0.25, 0.3) is 11.1 Å². The Labute approximate surface area is 339 Å². The number of aromatic amines is 1. The highest BCUT2D eigenvalue weighted by molar-refractivity contribution is 5.99. The van der Waals surface area contributed by atoms with Crippen molar-refractivity contribution in [3.63, 3.8) is 0 Å². The second-order valence-electron chi connectivity index (χ2n) is 18.2. The van der Waals surface area contributed by atoms with Crippen LogP contribution in [-0.2, 0) is 22.6 Å². The Morgan fingerprint density at radius 3 is 2.28 bits per heavy atom. The van der Waals surface area contributed by atoms with Gasteiger partial charge in [-0.3, -0.25) is 24.2 Å². The zero-order valence-corrected chi connectivity index (χ0v) is 34.8. The molecule has 4 saturated carbocycles. The van der Waals surface area contributed by atoms with Gasteiger partial charge in [0.05, 0.1) is 0 Å². The number of aryl methyl sites for hydroxylation is 2. The number of aromatic nitrogens is 1. The fourth-order valence-electron chi connectivity index (χ4n) is 11.6. The van der Waals surface area contributed by atoms with Crippen molar-refractivity contribution in [2.75, 3.05) is 63.9 Å². The van der Waals surface area contributed by atoms with Gasteiger partial charge in [0.2, 0.25) is 5.91 Å². The maximum atomic E-state index is 14.0. The third-order valence-corrected chi connectivity index (χ3v) is 14.4. The molecule has 2 unspecified atom stereocenters. The van der Waals surface area contributed by atoms with Crippen LogP contribution in [0.15, 0.2) is 47.3 Å². The topological polar surface area (TPSA) is 110 Å². The van der Waals surface area contributed by atoms with Crippen molar-refractivity contribution in [3.8, 4) is 11.1 Å². The smallest absolute Gasteiger partial charge is 0.253 e. The molecule has 10 nitrogen and oxygen atoms in total. The molecule has 2 amide bonds. The predicted octanol–water partition coefficient (Wildman–Crippen LogP) is 6.35. The van der Waals surface area contributed by atoms with Gasteiger partial charge in [-0.2, -0.15) is 0 Å². The molecule has 0 radical (unpaired) electrons. The fraction of sp³-hybridized carbons (Fsp3) is 0.596. The zero-order chi connectivity index (χ0) is 39.7. The van der Waals surface area contributed by atoms with Gasteiger partial charge in [-0.1, -0.05) is 24.3 Å². The van der Waals surface area contributed by atoms with E-state index in [1.54, 1.807) is 0 Å². The van der Waals surface area contributed by atoms with Gasteiger partial charge in [0, 0.05) is 107 Å². The van der Waals surface area contributed by atoms with E-state index in [2.05, 4.69) is 67.6 Å². The van der Waals surface area contributed by atoms with E-state index >= 15 is 0 Å². The maximum Gasteiger partial charge on any atom is 0.253 e. The number of hydrogen-bond acceptors (Lipinski definition) is 7. The Morgan fingerprint density at radius 1 is 0.895 bits per heavy atom. The Hall–Kier alpha value is -3.99. The molecule has 2 saturated heterocycles. The number of nitrogens with zero attached hydrogens (tertiary/aromatic N) is 3. The van der Waals surface area contributed by atoms with Crippen molar-refractivity contribution >= 4 is 17.5 Å². The standard InChI is InChI=1S/C47H64N6O4/c1-5-53(40-10-18-57-19-11-40)43-25-38(24-41(33(43)4)45(55)49-29-42-31(2)20-32(3)50-46(42)56)37-8-6-34(7-9-37)30-52-16-14-51(15-17-52)13-12-48-44(54)28-47-26-35-21-36(27-47)23-39(47)22-35/h6-9,20,24-25,35-36,39-40H,5,10-19,21-23,26-30H2,1-4H3,(H,48,54)(H,49,55)(H,50,56). The number of nitrogens with one attached hydrogen (secondary N) is 3. The molecular weight excluding hydrogens is 713 g/mol. The van der Waals surface area contributed by atoms with E-state index < -0.39 is 0 Å². The van der Waals surface area contributed by atoms with Crippen LogP contribution in [0, 0.1) is 43.9 Å². The van der Waals surface area contributed by atoms with Gasteiger partial charge in [0.15, 0.2) is 0 Å². The second kappa shape index (κ2) is 17.1. The first-order chi connectivity index (χ1) is 27.6. The molecule has 2 aliphatic heterocycles. The number of anilines is 1. The minimum Gasteiger partial charge on any atom is -0.381 e. The van der Waals surface area contributed by atoms with Gasteiger partial charge in [0.25, 0.3) is 11.5 Å². The van der Waals surface area contributed by atoms with E-state index in [9.17, 15) is 14.4 Å². The fourth-order valence-corrected chi connectivity index (χ4v) is 11.6. The maximum absolute atomic E-state index is 14.0. The number of amides is 2. The van der Waals surface area contributed by atoms with Crippen molar-refractivity contribution in [3.05, 3.63) is 86.3 Å². The van der Waals surface area contributed by atoms with E-state index in [0.29, 0.717) is 22.6 Å². The molecule has 3 heterocycles. The Bertz CT molecular complexity index is 1960. The SMILES string of the molecule is CCN(c1cc(-c2ccc(CN3CCN(CCNC(=O)CC45CC6CC(CC4C6)C5)CC3)cc2)cc(C(=O)NCc2c(C)cc(C)[nH]c2=O)c1C)C1CCOCC1. The number of ether oxygens (including phenoxy) is 1. The molecule has 2 atom stereocenters. The number of piperazine rings is 1. The summed E-state index contributed by atoms with van der Waals surface area (Å²) >= 11 is 0. The predicted molar refractivity (Wildman–Crippen MR) is 227 cm³/mol. The van der Waals surface area contributed by atoms with E-state index in [4.69, 9.17) is 4.74 Å². The van der Waals surface area contributed by atoms with Crippen LogP contribution in [0.3, 0.4) is 0 Å². The molecule has 57 heavy (non-hydrogen) atoms. The highest BCUT2D eigenvalue weighted by Crippen LogP contribution is 2.66. The molecule has 2 aromatic carbocycles. The van der Waals surface area contributed by atoms with Crippen LogP contribution in [0.1, 0.15) is 96.6 Å². The Balaban J connectivity index is 0.886. The van der Waals surface area contributed by atoms with E-state index in [0.717, 1.165) is 136 Å². The molecule has 306 valence electrons. The monoisotopic (exact) mass is 776 g/mol. The van der Waals surface area contributed by atoms with Gasteiger partial charge < -0.3 is 25.3 Å². The van der Waals surface area contributed by atoms with Crippen molar-refractivity contribution in [1.82, 2.24) is 25.4 Å². The lowest BCUT2D eigenvalue weighted by Gasteiger charge is -2.37. The first-order valence-corrected chi connectivity index (χ1v) is 21.8. The second-order valence-corrected chi connectivity index (χ2v) is 18.2. The van der Waals surface area contributed by atoms with Crippen molar-refractivity contribution in [2.24, 2.45) is 23.2 Å². The Morgan fingerprint density at radius 2 is 1.60 bits per heavy atom. The van der Waals surface area contributed by atoms with Crippen LogP contribution in [0.2, 0.25) is 0 Å². The first-order valence-electron chi connectivity index (χ1n) is 21.8. The summed E-state index contributed by atoms with van der Waals surface area (Å²) in [6, 6.07) is 15.4. The van der Waals surface area contributed by atoms with Gasteiger partial charge >= 0.3 is 0 Å². The van der Waals surface area contributed by atoms with Crippen LogP contribution in [-0.4, -0.2) is 91.7 Å². The molecule has 3 aromatic rings. The molecule has 9 rings (SSSR count). The first kappa shape index (κ1) is 39.8. The van der Waals surface area contributed by atoms with Gasteiger partial charge in [0.1, 0.15) is 0 Å². The third-order valence-electron chi connectivity index (χ3n) is 14.4. The number of carbonyl (C=O) groups is 2. The number of pyridine rings is 1. The van der Waals surface area contributed by atoms with Crippen molar-refractivity contribution in [1.29, 1.82) is 0 Å². The quantitative estimate of drug-likeness (QED) is 0.175. The lowest BCUT2D eigenvalue weighted by Crippen LogP contribution is -2.48. The Kier molecular flexibility index (Phi) is 11.9. The average Bonchev–Trinajstić information content (AvgIpc) is 3.58. The normalized spacial score (nSPS) is 24.9. The summed E-state index contributed by atoms with van der Waals surface area (Å²) in [5.41, 5.74) is 8.42. The molecule has 4 aliphatic carbocycles. The van der Waals surface area contributed by atoms with Crippen LogP contribution < -0.4 is 21.1 Å². The van der Waals surface area contributed by atoms with Gasteiger partial charge in [-0.25, -0.2) is 0 Å². The lowest BCUT2D eigenvalue weighted by atomic mass is 9.73. The number of rotatable bonds is 14. The minimum absolute atomic E-state index is 0.162. The van der Waals surface area contributed by atoms with Gasteiger partial charge in [-0.15, -0.1) is 0 Å². The average molecular weight is 777 g/mol. The number of carbonyl (C=O) groups excluding carboxylic acids is 2. The molecular formula is C47H64N6O4. The van der Waals surface area contributed by atoms with E-state index in [-0.39, 0.29) is 23.9 Å². The number of hydrogen-bond donors (Lipinski definition) is 3. The molecule has 6 aliphatic rings. The summed E-state index contributed by atoms with van der Waals surface area (Å²) in [6.07, 6.45) is 9.44. The summed E-state index contributed by atoms with van der Waals surface area (Å²) in [7, 11) is 0. The van der Waals surface area contributed by atoms with Crippen LogP contribution >= 0.6 is 0 Å². The highest BCUT2D eigenvalue weighted by Gasteiger charge is 2.58. The van der Waals surface area contributed by atoms with Gasteiger partial charge in [-0.05, 0) is 142 Å². The summed E-state index contributed by atoms with van der Waals surface area (Å²) in [4.78, 5) is 50.0. The molecule has 10 heteroatoms. The zero-order valence-electron chi connectivity index (χ0n) is 34.8. The molecule has 0 spiro atoms. The van der Waals surface area contributed by atoms with Crippen molar-refractivity contribution in [2.45, 2.75) is 98.2 Å². The van der Waals surface area contributed by atoms with Crippen LogP contribution in [0.5, 0.6) is 0 Å². The third kappa shape index (κ3) is 8.74. The summed E-state index contributed by atoms with van der Waals surface area (Å²) in [6.45, 7) is 17.1. The van der Waals surface area contributed by atoms with Crippen molar-refractivity contribution < 1.29 is 14.3 Å². The van der Waals surface area contributed by atoms with E-state index in [1.165, 1.54) is 37.7 Å².